The van der Waals surface area contributed by atoms with Gasteiger partial charge < -0.3 is 10.1 Å². The van der Waals surface area contributed by atoms with Crippen molar-refractivity contribution >= 4 is 5.91 Å². The molecule has 0 aromatic heterocycles. The fourth-order valence-corrected chi connectivity index (χ4v) is 3.60. The highest BCUT2D eigenvalue weighted by Crippen LogP contribution is 2.49. The van der Waals surface area contributed by atoms with E-state index in [1.54, 1.807) is 0 Å². The van der Waals surface area contributed by atoms with Crippen LogP contribution < -0.4 is 5.32 Å². The lowest BCUT2D eigenvalue weighted by atomic mass is 9.64. The lowest BCUT2D eigenvalue weighted by Crippen LogP contribution is -2.55. The Bertz CT molecular complexity index is 282. The van der Waals surface area contributed by atoms with Crippen LogP contribution in [0.15, 0.2) is 0 Å². The zero-order valence-corrected chi connectivity index (χ0v) is 10.6. The number of carbonyl (C=O) groups is 1. The molecule has 2 aliphatic rings. The molecular weight excluding hydrogens is 202 g/mol. The van der Waals surface area contributed by atoms with E-state index in [1.807, 2.05) is 0 Å². The van der Waals surface area contributed by atoms with Gasteiger partial charge in [-0.1, -0.05) is 20.8 Å². The number of amides is 1. The molecule has 0 bridgehead atoms. The number of ether oxygens (including phenoxy) is 1. The predicted octanol–water partition coefficient (Wildman–Crippen LogP) is 2.11. The topological polar surface area (TPSA) is 38.3 Å². The van der Waals surface area contributed by atoms with E-state index in [0.717, 1.165) is 32.5 Å². The fourth-order valence-electron chi connectivity index (χ4n) is 3.60. The first kappa shape index (κ1) is 11.9. The van der Waals surface area contributed by atoms with Crippen molar-refractivity contribution in [3.05, 3.63) is 0 Å². The van der Waals surface area contributed by atoms with E-state index in [2.05, 4.69) is 26.1 Å². The Balaban J connectivity index is 2.23. The Morgan fingerprint density at radius 3 is 2.56 bits per heavy atom. The normalized spacial score (nSPS) is 33.4. The van der Waals surface area contributed by atoms with Crippen LogP contribution in [0, 0.1) is 11.3 Å². The minimum absolute atomic E-state index is 0.00655. The summed E-state index contributed by atoms with van der Waals surface area (Å²) in [4.78, 5) is 11.8. The molecule has 2 saturated heterocycles. The molecule has 16 heavy (non-hydrogen) atoms. The van der Waals surface area contributed by atoms with Crippen molar-refractivity contribution in [2.24, 2.45) is 11.3 Å². The predicted molar refractivity (Wildman–Crippen MR) is 63.1 cm³/mol. The summed E-state index contributed by atoms with van der Waals surface area (Å²) in [6, 6.07) is 0. The second-order valence-corrected chi connectivity index (χ2v) is 6.08. The van der Waals surface area contributed by atoms with E-state index in [9.17, 15) is 4.79 Å². The quantitative estimate of drug-likeness (QED) is 0.781. The van der Waals surface area contributed by atoms with E-state index in [4.69, 9.17) is 4.74 Å². The molecule has 0 aliphatic carbocycles. The van der Waals surface area contributed by atoms with Crippen LogP contribution in [0.3, 0.4) is 0 Å². The van der Waals surface area contributed by atoms with Crippen LogP contribution in [0.2, 0.25) is 0 Å². The highest BCUT2D eigenvalue weighted by Gasteiger charge is 2.55. The van der Waals surface area contributed by atoms with Crippen LogP contribution in [-0.2, 0) is 9.53 Å². The number of hydrogen-bond acceptors (Lipinski definition) is 2. The molecule has 1 atom stereocenters. The summed E-state index contributed by atoms with van der Waals surface area (Å²) >= 11 is 0. The molecule has 92 valence electrons. The summed E-state index contributed by atoms with van der Waals surface area (Å²) in [5.41, 5.74) is 0.120. The average Bonchev–Trinajstić information content (AvgIpc) is 2.37. The van der Waals surface area contributed by atoms with Gasteiger partial charge in [0.25, 0.3) is 0 Å². The molecular formula is C13H23NO2. The molecule has 0 radical (unpaired) electrons. The molecule has 0 aromatic carbocycles. The van der Waals surface area contributed by atoms with Crippen molar-refractivity contribution in [1.29, 1.82) is 0 Å². The molecule has 1 spiro atoms. The zero-order valence-electron chi connectivity index (χ0n) is 10.6. The molecule has 3 heteroatoms. The third-order valence-corrected chi connectivity index (χ3v) is 4.29. The third-order valence-electron chi connectivity index (χ3n) is 4.29. The molecule has 2 aliphatic heterocycles. The lowest BCUT2D eigenvalue weighted by molar-refractivity contribution is -0.120. The van der Waals surface area contributed by atoms with E-state index in [1.165, 1.54) is 0 Å². The van der Waals surface area contributed by atoms with Gasteiger partial charge in [-0.3, -0.25) is 4.79 Å². The van der Waals surface area contributed by atoms with Crippen LogP contribution >= 0.6 is 0 Å². The first-order valence-electron chi connectivity index (χ1n) is 6.36. The van der Waals surface area contributed by atoms with Crippen LogP contribution in [-0.4, -0.2) is 24.7 Å². The maximum atomic E-state index is 11.8. The van der Waals surface area contributed by atoms with Crippen molar-refractivity contribution in [3.63, 3.8) is 0 Å². The van der Waals surface area contributed by atoms with Crippen LogP contribution in [0.4, 0.5) is 0 Å². The van der Waals surface area contributed by atoms with Gasteiger partial charge in [0.2, 0.25) is 5.91 Å². The van der Waals surface area contributed by atoms with E-state index in [-0.39, 0.29) is 16.9 Å². The summed E-state index contributed by atoms with van der Waals surface area (Å²) in [5, 5.41) is 3.25. The molecule has 0 aromatic rings. The Labute approximate surface area is 97.9 Å². The van der Waals surface area contributed by atoms with Crippen LogP contribution in [0.1, 0.15) is 46.5 Å². The van der Waals surface area contributed by atoms with E-state index < -0.39 is 0 Å². The van der Waals surface area contributed by atoms with Crippen molar-refractivity contribution in [1.82, 2.24) is 5.32 Å². The van der Waals surface area contributed by atoms with E-state index in [0.29, 0.717) is 12.3 Å². The van der Waals surface area contributed by atoms with E-state index >= 15 is 0 Å². The Morgan fingerprint density at radius 2 is 2.00 bits per heavy atom. The molecule has 1 N–H and O–H groups in total. The van der Waals surface area contributed by atoms with Gasteiger partial charge in [-0.05, 0) is 30.6 Å². The molecule has 2 rings (SSSR count). The molecule has 3 nitrogen and oxygen atoms in total. The largest absolute Gasteiger partial charge is 0.381 e. The fraction of sp³-hybridized carbons (Fsp3) is 0.923. The smallest absolute Gasteiger partial charge is 0.221 e. The summed E-state index contributed by atoms with van der Waals surface area (Å²) < 4.78 is 5.44. The first-order valence-corrected chi connectivity index (χ1v) is 6.36. The molecule has 1 amide bonds. The summed E-state index contributed by atoms with van der Waals surface area (Å²) in [6.07, 6.45) is 3.75. The van der Waals surface area contributed by atoms with Gasteiger partial charge in [-0.15, -0.1) is 0 Å². The van der Waals surface area contributed by atoms with Crippen molar-refractivity contribution < 1.29 is 9.53 Å². The van der Waals surface area contributed by atoms with Crippen molar-refractivity contribution in [2.75, 3.05) is 13.2 Å². The van der Waals surface area contributed by atoms with Gasteiger partial charge in [0.05, 0.1) is 5.54 Å². The lowest BCUT2D eigenvalue weighted by Gasteiger charge is -2.46. The van der Waals surface area contributed by atoms with Crippen LogP contribution in [0.25, 0.3) is 0 Å². The maximum absolute atomic E-state index is 11.8. The minimum atomic E-state index is 0.00655. The van der Waals surface area contributed by atoms with Gasteiger partial charge in [-0.2, -0.15) is 0 Å². The highest BCUT2D eigenvalue weighted by atomic mass is 16.5. The minimum Gasteiger partial charge on any atom is -0.381 e. The highest BCUT2D eigenvalue weighted by molar-refractivity contribution is 5.81. The van der Waals surface area contributed by atoms with Gasteiger partial charge >= 0.3 is 0 Å². The van der Waals surface area contributed by atoms with Crippen molar-refractivity contribution in [2.45, 2.75) is 52.0 Å². The summed E-state index contributed by atoms with van der Waals surface area (Å²) in [5.74, 6) is 0.863. The van der Waals surface area contributed by atoms with Crippen molar-refractivity contribution in [3.8, 4) is 0 Å². The molecule has 0 saturated carbocycles. The van der Waals surface area contributed by atoms with Gasteiger partial charge in [0.15, 0.2) is 0 Å². The third kappa shape index (κ3) is 1.86. The molecule has 2 fully saturated rings. The zero-order chi connectivity index (χ0) is 11.8. The van der Waals surface area contributed by atoms with Gasteiger partial charge in [-0.25, -0.2) is 0 Å². The average molecular weight is 225 g/mol. The summed E-state index contributed by atoms with van der Waals surface area (Å²) in [7, 11) is 0. The van der Waals surface area contributed by atoms with Gasteiger partial charge in [0, 0.05) is 19.6 Å². The summed E-state index contributed by atoms with van der Waals surface area (Å²) in [6.45, 7) is 8.32. The van der Waals surface area contributed by atoms with Gasteiger partial charge in [0.1, 0.15) is 0 Å². The second-order valence-electron chi connectivity index (χ2n) is 6.08. The Morgan fingerprint density at radius 1 is 1.38 bits per heavy atom. The second kappa shape index (κ2) is 4.02. The Hall–Kier alpha value is -0.570. The molecule has 2 heterocycles. The number of rotatable bonds is 2. The first-order chi connectivity index (χ1) is 7.47. The molecule has 1 unspecified atom stereocenters. The number of hydrogen-bond donors (Lipinski definition) is 1. The number of carbonyl (C=O) groups excluding carboxylic acids is 1. The standard InChI is InChI=1S/C13H23NO2/c1-10(2)8-12(3)9-11(15)14-13(12)4-6-16-7-5-13/h10H,4-9H2,1-3H3,(H,14,15). The van der Waals surface area contributed by atoms with Crippen LogP contribution in [0.5, 0.6) is 0 Å². The number of nitrogens with one attached hydrogen (secondary N) is 1. The Kier molecular flexibility index (Phi) is 2.99. The maximum Gasteiger partial charge on any atom is 0.221 e. The SMILES string of the molecule is CC(C)CC1(C)CC(=O)NC12CCOCC2. The monoisotopic (exact) mass is 225 g/mol.